The maximum atomic E-state index is 12.2. The van der Waals surface area contributed by atoms with Gasteiger partial charge >= 0.3 is 5.97 Å². The zero-order valence-corrected chi connectivity index (χ0v) is 19.9. The third kappa shape index (κ3) is 4.64. The van der Waals surface area contributed by atoms with Crippen molar-refractivity contribution in [1.82, 2.24) is 4.98 Å². The van der Waals surface area contributed by atoms with Crippen LogP contribution in [0.5, 0.6) is 11.5 Å². The smallest absolute Gasteiger partial charge is 0.310 e. The third-order valence-electron chi connectivity index (χ3n) is 6.48. The maximum Gasteiger partial charge on any atom is 0.310 e. The summed E-state index contributed by atoms with van der Waals surface area (Å²) in [6.07, 6.45) is 3.56. The number of hydrogen-bond acceptors (Lipinski definition) is 6. The lowest BCUT2D eigenvalue weighted by atomic mass is 9.98. The molecule has 3 aromatic carbocycles. The average Bonchev–Trinajstić information content (AvgIpc) is 3.27. The van der Waals surface area contributed by atoms with Gasteiger partial charge in [-0.2, -0.15) is 0 Å². The van der Waals surface area contributed by atoms with Crippen molar-refractivity contribution < 1.29 is 19.0 Å². The van der Waals surface area contributed by atoms with Gasteiger partial charge in [0.15, 0.2) is 0 Å². The van der Waals surface area contributed by atoms with Crippen LogP contribution in [0.15, 0.2) is 66.9 Å². The minimum atomic E-state index is -0.276. The molecule has 35 heavy (non-hydrogen) atoms. The number of nitrogen functional groups attached to an aromatic ring is 1. The van der Waals surface area contributed by atoms with Gasteiger partial charge in [-0.1, -0.05) is 30.3 Å². The van der Waals surface area contributed by atoms with Crippen molar-refractivity contribution in [3.05, 3.63) is 83.6 Å². The Morgan fingerprint density at radius 3 is 2.71 bits per heavy atom. The Kier molecular flexibility index (Phi) is 6.27. The molecule has 0 bridgehead atoms. The van der Waals surface area contributed by atoms with Crippen LogP contribution in [0.1, 0.15) is 36.1 Å². The number of pyridine rings is 1. The van der Waals surface area contributed by atoms with Crippen LogP contribution in [0.4, 0.5) is 5.82 Å². The first-order chi connectivity index (χ1) is 17.1. The van der Waals surface area contributed by atoms with Crippen LogP contribution in [-0.2, 0) is 22.4 Å². The van der Waals surface area contributed by atoms with Crippen LogP contribution in [0.2, 0.25) is 0 Å². The SMILES string of the molecule is CCOC(=O)Cc1ccc(OC)cc1OC1CCc2ccc(-c3ccc4ccnc(N)c4c3)cc21. The molecule has 6 nitrogen and oxygen atoms in total. The van der Waals surface area contributed by atoms with Crippen molar-refractivity contribution in [2.24, 2.45) is 0 Å². The van der Waals surface area contributed by atoms with Gasteiger partial charge < -0.3 is 19.9 Å². The number of carbonyl (C=O) groups excluding carboxylic acids is 1. The summed E-state index contributed by atoms with van der Waals surface area (Å²) in [4.78, 5) is 16.4. The van der Waals surface area contributed by atoms with E-state index >= 15 is 0 Å². The van der Waals surface area contributed by atoms with E-state index in [0.717, 1.165) is 45.9 Å². The summed E-state index contributed by atoms with van der Waals surface area (Å²) < 4.78 is 17.1. The summed E-state index contributed by atoms with van der Waals surface area (Å²) >= 11 is 0. The number of nitrogens with two attached hydrogens (primary N) is 1. The number of ether oxygens (including phenoxy) is 3. The highest BCUT2D eigenvalue weighted by molar-refractivity contribution is 5.94. The summed E-state index contributed by atoms with van der Waals surface area (Å²) in [7, 11) is 1.62. The highest BCUT2D eigenvalue weighted by atomic mass is 16.5. The molecule has 178 valence electrons. The Morgan fingerprint density at radius 1 is 1.06 bits per heavy atom. The Bertz CT molecular complexity index is 1400. The molecule has 6 heteroatoms. The second-order valence-electron chi connectivity index (χ2n) is 8.65. The van der Waals surface area contributed by atoms with Gasteiger partial charge in [0.2, 0.25) is 0 Å². The van der Waals surface area contributed by atoms with Crippen LogP contribution in [0, 0.1) is 0 Å². The van der Waals surface area contributed by atoms with Gasteiger partial charge in [0, 0.05) is 23.2 Å². The largest absolute Gasteiger partial charge is 0.497 e. The minimum absolute atomic E-state index is 0.120. The van der Waals surface area contributed by atoms with Crippen molar-refractivity contribution in [2.45, 2.75) is 32.3 Å². The van der Waals surface area contributed by atoms with E-state index in [1.165, 1.54) is 5.56 Å². The van der Waals surface area contributed by atoms with Gasteiger partial charge in [-0.3, -0.25) is 4.79 Å². The number of aryl methyl sites for hydroxylation is 1. The van der Waals surface area contributed by atoms with E-state index in [1.807, 2.05) is 24.3 Å². The molecule has 0 aliphatic heterocycles. The normalized spacial score (nSPS) is 14.5. The standard InChI is InChI=1S/C29H28N2O4/c1-3-34-28(32)16-22-8-10-23(33-2)17-27(22)35-26-11-9-18-4-6-20(14-24(18)26)21-7-5-19-12-13-31-29(30)25(19)15-21/h4-8,10,12-15,17,26H,3,9,11,16H2,1-2H3,(H2,30,31). The van der Waals surface area contributed by atoms with Gasteiger partial charge in [0.05, 0.1) is 20.1 Å². The first kappa shape index (κ1) is 22.7. The van der Waals surface area contributed by atoms with Gasteiger partial charge in [0.25, 0.3) is 0 Å². The van der Waals surface area contributed by atoms with Crippen LogP contribution in [-0.4, -0.2) is 24.7 Å². The average molecular weight is 469 g/mol. The molecule has 4 aromatic rings. The molecule has 0 radical (unpaired) electrons. The molecule has 0 fully saturated rings. The topological polar surface area (TPSA) is 83.7 Å². The Morgan fingerprint density at radius 2 is 1.89 bits per heavy atom. The second-order valence-corrected chi connectivity index (χ2v) is 8.65. The first-order valence-corrected chi connectivity index (χ1v) is 11.8. The van der Waals surface area contributed by atoms with Crippen molar-refractivity contribution >= 4 is 22.6 Å². The number of esters is 1. The zero-order chi connectivity index (χ0) is 24.4. The summed E-state index contributed by atoms with van der Waals surface area (Å²) in [6.45, 7) is 2.15. The molecule has 1 heterocycles. The van der Waals surface area contributed by atoms with E-state index in [0.29, 0.717) is 23.9 Å². The predicted molar refractivity (Wildman–Crippen MR) is 137 cm³/mol. The van der Waals surface area contributed by atoms with Crippen LogP contribution in [0.3, 0.4) is 0 Å². The fourth-order valence-electron chi connectivity index (χ4n) is 4.68. The van der Waals surface area contributed by atoms with Crippen molar-refractivity contribution in [1.29, 1.82) is 0 Å². The van der Waals surface area contributed by atoms with Crippen molar-refractivity contribution in [3.63, 3.8) is 0 Å². The molecule has 1 atom stereocenters. The molecule has 2 N–H and O–H groups in total. The molecule has 0 spiro atoms. The van der Waals surface area contributed by atoms with E-state index in [4.69, 9.17) is 19.9 Å². The molecule has 1 unspecified atom stereocenters. The monoisotopic (exact) mass is 468 g/mol. The van der Waals surface area contributed by atoms with E-state index in [2.05, 4.69) is 41.4 Å². The molecular formula is C29H28N2O4. The number of aromatic nitrogens is 1. The quantitative estimate of drug-likeness (QED) is 0.352. The Balaban J connectivity index is 1.46. The molecule has 0 saturated carbocycles. The summed E-state index contributed by atoms with van der Waals surface area (Å²) in [6, 6.07) is 20.3. The minimum Gasteiger partial charge on any atom is -0.497 e. The first-order valence-electron chi connectivity index (χ1n) is 11.8. The fourth-order valence-corrected chi connectivity index (χ4v) is 4.68. The lowest BCUT2D eigenvalue weighted by molar-refractivity contribution is -0.142. The molecule has 1 aliphatic rings. The van der Waals surface area contributed by atoms with Crippen LogP contribution >= 0.6 is 0 Å². The van der Waals surface area contributed by atoms with E-state index in [-0.39, 0.29) is 18.5 Å². The molecule has 0 saturated heterocycles. The van der Waals surface area contributed by atoms with E-state index in [1.54, 1.807) is 20.2 Å². The van der Waals surface area contributed by atoms with Crippen LogP contribution in [0.25, 0.3) is 21.9 Å². The fraction of sp³-hybridized carbons (Fsp3) is 0.241. The third-order valence-corrected chi connectivity index (χ3v) is 6.48. The summed E-state index contributed by atoms with van der Waals surface area (Å²) in [5, 5.41) is 2.01. The van der Waals surface area contributed by atoms with Crippen LogP contribution < -0.4 is 15.2 Å². The number of fused-ring (bicyclic) bond motifs is 2. The van der Waals surface area contributed by atoms with Crippen molar-refractivity contribution in [2.75, 3.05) is 19.5 Å². The number of methoxy groups -OCH3 is 1. The van der Waals surface area contributed by atoms with Gasteiger partial charge in [0.1, 0.15) is 23.4 Å². The number of benzene rings is 3. The van der Waals surface area contributed by atoms with E-state index in [9.17, 15) is 4.79 Å². The number of anilines is 1. The molecule has 1 aliphatic carbocycles. The number of hydrogen-bond donors (Lipinski definition) is 1. The Labute approximate surface area is 204 Å². The molecule has 0 amide bonds. The maximum absolute atomic E-state index is 12.2. The van der Waals surface area contributed by atoms with Gasteiger partial charge in [-0.15, -0.1) is 0 Å². The highest BCUT2D eigenvalue weighted by Gasteiger charge is 2.26. The number of nitrogens with zero attached hydrogens (tertiary/aromatic N) is 1. The summed E-state index contributed by atoms with van der Waals surface area (Å²) in [5.41, 5.74) is 11.5. The lowest BCUT2D eigenvalue weighted by Crippen LogP contribution is -2.11. The number of rotatable bonds is 7. The van der Waals surface area contributed by atoms with Gasteiger partial charge in [-0.05, 0) is 71.7 Å². The number of carbonyl (C=O) groups is 1. The zero-order valence-electron chi connectivity index (χ0n) is 19.9. The van der Waals surface area contributed by atoms with E-state index < -0.39 is 0 Å². The highest BCUT2D eigenvalue weighted by Crippen LogP contribution is 2.39. The molecular weight excluding hydrogens is 440 g/mol. The predicted octanol–water partition coefficient (Wildman–Crippen LogP) is 5.66. The molecule has 1 aromatic heterocycles. The second kappa shape index (κ2) is 9.66. The molecule has 5 rings (SSSR count). The lowest BCUT2D eigenvalue weighted by Gasteiger charge is -2.19. The van der Waals surface area contributed by atoms with Crippen molar-refractivity contribution in [3.8, 4) is 22.6 Å². The van der Waals surface area contributed by atoms with Gasteiger partial charge in [-0.25, -0.2) is 4.98 Å². The Hall–Kier alpha value is -4.06. The summed E-state index contributed by atoms with van der Waals surface area (Å²) in [5.74, 6) is 1.58.